The van der Waals surface area contributed by atoms with Crippen LogP contribution in [-0.2, 0) is 23.7 Å². The van der Waals surface area contributed by atoms with Crippen molar-refractivity contribution in [3.05, 3.63) is 11.6 Å². The largest absolute Gasteiger partial charge is 0.458 e. The van der Waals surface area contributed by atoms with Crippen LogP contribution < -0.4 is 0 Å². The van der Waals surface area contributed by atoms with Gasteiger partial charge in [-0.1, -0.05) is 13.8 Å². The molecule has 2 aliphatic heterocycles. The van der Waals surface area contributed by atoms with E-state index in [9.17, 15) is 25.2 Å². The van der Waals surface area contributed by atoms with Gasteiger partial charge >= 0.3 is 5.97 Å². The first-order valence-corrected chi connectivity index (χ1v) is 14.9. The molecule has 9 heteroatoms. The molecule has 14 atom stereocenters. The number of fused-ring (bicyclic) bond motifs is 5. The minimum Gasteiger partial charge on any atom is -0.458 e. The van der Waals surface area contributed by atoms with Gasteiger partial charge in [0.25, 0.3) is 0 Å². The van der Waals surface area contributed by atoms with Gasteiger partial charge in [0.1, 0.15) is 24.9 Å². The molecule has 0 aromatic rings. The van der Waals surface area contributed by atoms with Crippen molar-refractivity contribution >= 4 is 5.97 Å². The Bertz CT molecular complexity index is 1000. The highest BCUT2D eigenvalue weighted by molar-refractivity contribution is 5.85. The summed E-state index contributed by atoms with van der Waals surface area (Å²) >= 11 is 0. The number of carbonyl (C=O) groups is 1. The zero-order chi connectivity index (χ0) is 27.9. The molecule has 6 rings (SSSR count). The van der Waals surface area contributed by atoms with Gasteiger partial charge in [-0.2, -0.15) is 0 Å². The first-order valence-electron chi connectivity index (χ1n) is 14.9. The maximum absolute atomic E-state index is 12.4. The molecule has 6 aliphatic rings. The van der Waals surface area contributed by atoms with Crippen molar-refractivity contribution in [2.75, 3.05) is 13.7 Å². The summed E-state index contributed by atoms with van der Waals surface area (Å²) in [5.74, 6) is 0.260. The Labute approximate surface area is 230 Å². The zero-order valence-electron chi connectivity index (χ0n) is 23.6. The van der Waals surface area contributed by atoms with E-state index in [1.807, 2.05) is 0 Å². The molecular weight excluding hydrogens is 504 g/mol. The number of ether oxygens (including phenoxy) is 4. The molecule has 39 heavy (non-hydrogen) atoms. The van der Waals surface area contributed by atoms with Crippen LogP contribution in [0.15, 0.2) is 11.6 Å². The molecule has 0 unspecified atom stereocenters. The van der Waals surface area contributed by atoms with Crippen molar-refractivity contribution < 1.29 is 44.2 Å². The molecule has 4 saturated carbocycles. The lowest BCUT2D eigenvalue weighted by Crippen LogP contribution is -2.62. The SMILES string of the molecule is CO[C@H]1[C@@H](O)[C@@H](C)O[C@@H](O[C@H]2CC[C@@]3(C)[C@@H](CC[C@@H]4[C@@H]3CC[C@]3(C)[C@@H](C5=CC(=O)OC5)[C@@H](O)C[C@]43O)C2)[C@@H]1O. The summed E-state index contributed by atoms with van der Waals surface area (Å²) in [6.45, 7) is 6.48. The van der Waals surface area contributed by atoms with E-state index < -0.39 is 47.8 Å². The first-order chi connectivity index (χ1) is 18.4. The number of esters is 1. The normalized spacial score (nSPS) is 55.3. The van der Waals surface area contributed by atoms with E-state index in [1.54, 1.807) is 6.92 Å². The third kappa shape index (κ3) is 4.09. The summed E-state index contributed by atoms with van der Waals surface area (Å²) < 4.78 is 22.7. The number of aliphatic hydroxyl groups is 4. The average Bonchev–Trinajstić information content (AvgIpc) is 3.39. The number of cyclic esters (lactones) is 1. The summed E-state index contributed by atoms with van der Waals surface area (Å²) in [5, 5.41) is 44.7. The number of hydrogen-bond donors (Lipinski definition) is 4. The minimum absolute atomic E-state index is 0.0547. The fourth-order valence-corrected chi connectivity index (χ4v) is 10.2. The lowest BCUT2D eigenvalue weighted by atomic mass is 9.43. The van der Waals surface area contributed by atoms with Gasteiger partial charge in [-0.15, -0.1) is 0 Å². The van der Waals surface area contributed by atoms with Crippen LogP contribution >= 0.6 is 0 Å². The molecular formula is C30H46O9. The van der Waals surface area contributed by atoms with Gasteiger partial charge in [0.15, 0.2) is 6.29 Å². The molecule has 0 radical (unpaired) electrons. The van der Waals surface area contributed by atoms with Crippen molar-refractivity contribution in [1.82, 2.24) is 0 Å². The van der Waals surface area contributed by atoms with Gasteiger partial charge in [-0.3, -0.25) is 0 Å². The van der Waals surface area contributed by atoms with Gasteiger partial charge in [-0.05, 0) is 80.6 Å². The van der Waals surface area contributed by atoms with Gasteiger partial charge in [0.05, 0.1) is 23.9 Å². The Morgan fingerprint density at radius 1 is 1.03 bits per heavy atom. The third-order valence-electron chi connectivity index (χ3n) is 12.3. The molecule has 0 aromatic heterocycles. The second-order valence-corrected chi connectivity index (χ2v) is 13.9. The Kier molecular flexibility index (Phi) is 7.02. The molecule has 5 fully saturated rings. The molecule has 2 heterocycles. The Balaban J connectivity index is 1.17. The van der Waals surface area contributed by atoms with Crippen LogP contribution in [0, 0.1) is 34.5 Å². The molecule has 4 N–H and O–H groups in total. The van der Waals surface area contributed by atoms with Crippen LogP contribution in [-0.4, -0.2) is 88.6 Å². The van der Waals surface area contributed by atoms with Crippen molar-refractivity contribution in [2.45, 2.75) is 121 Å². The molecule has 4 aliphatic carbocycles. The molecule has 0 spiro atoms. The summed E-state index contributed by atoms with van der Waals surface area (Å²) in [7, 11) is 1.48. The highest BCUT2D eigenvalue weighted by Crippen LogP contribution is 2.70. The standard InChI is InChI=1S/C30H46O9/c1-15-24(33)26(36-4)25(34)27(38-15)39-18-7-9-28(2)17(12-18)5-6-20-19(28)8-10-29(3)23(16-11-22(32)37-14-16)21(31)13-30(20,29)35/h11,15,17-21,23-27,31,33-35H,5-10,12-14H2,1-4H3/t15-,17+,18+,19+,20-,21+,23+,24+,25-,26+,27+,28+,29-,30+/m1/s1. The second-order valence-electron chi connectivity index (χ2n) is 13.9. The smallest absolute Gasteiger partial charge is 0.331 e. The lowest BCUT2D eigenvalue weighted by Gasteiger charge is -2.63. The monoisotopic (exact) mass is 550 g/mol. The number of rotatable bonds is 4. The van der Waals surface area contributed by atoms with Gasteiger partial charge in [0, 0.05) is 30.9 Å². The molecule has 0 amide bonds. The fraction of sp³-hybridized carbons (Fsp3) is 0.900. The van der Waals surface area contributed by atoms with E-state index in [4.69, 9.17) is 18.9 Å². The molecule has 220 valence electrons. The van der Waals surface area contributed by atoms with E-state index in [1.165, 1.54) is 13.2 Å². The van der Waals surface area contributed by atoms with Crippen molar-refractivity contribution in [3.8, 4) is 0 Å². The van der Waals surface area contributed by atoms with E-state index >= 15 is 0 Å². The van der Waals surface area contributed by atoms with Crippen molar-refractivity contribution in [2.24, 2.45) is 34.5 Å². The first kappa shape index (κ1) is 28.1. The Morgan fingerprint density at radius 2 is 1.79 bits per heavy atom. The predicted octanol–water partition coefficient (Wildman–Crippen LogP) is 2.08. The van der Waals surface area contributed by atoms with E-state index in [0.29, 0.717) is 18.3 Å². The van der Waals surface area contributed by atoms with E-state index in [0.717, 1.165) is 50.5 Å². The van der Waals surface area contributed by atoms with Gasteiger partial charge < -0.3 is 39.4 Å². The van der Waals surface area contributed by atoms with Crippen LogP contribution in [0.5, 0.6) is 0 Å². The second kappa shape index (κ2) is 9.75. The molecule has 0 aromatic carbocycles. The highest BCUT2D eigenvalue weighted by Gasteiger charge is 2.70. The van der Waals surface area contributed by atoms with Crippen molar-refractivity contribution in [1.29, 1.82) is 0 Å². The average molecular weight is 551 g/mol. The number of carbonyl (C=O) groups excluding carboxylic acids is 1. The topological polar surface area (TPSA) is 135 Å². The summed E-state index contributed by atoms with van der Waals surface area (Å²) in [6, 6.07) is 0. The fourth-order valence-electron chi connectivity index (χ4n) is 10.2. The molecule has 9 nitrogen and oxygen atoms in total. The lowest BCUT2D eigenvalue weighted by molar-refractivity contribution is -0.313. The van der Waals surface area contributed by atoms with Crippen LogP contribution in [0.2, 0.25) is 0 Å². The minimum atomic E-state index is -1.06. The van der Waals surface area contributed by atoms with Crippen molar-refractivity contribution in [3.63, 3.8) is 0 Å². The Morgan fingerprint density at radius 3 is 2.49 bits per heavy atom. The summed E-state index contributed by atoms with van der Waals surface area (Å²) in [4.78, 5) is 11.8. The van der Waals surface area contributed by atoms with Gasteiger partial charge in [-0.25, -0.2) is 4.79 Å². The van der Waals surface area contributed by atoms with Gasteiger partial charge in [0.2, 0.25) is 0 Å². The van der Waals surface area contributed by atoms with E-state index in [-0.39, 0.29) is 35.9 Å². The van der Waals surface area contributed by atoms with E-state index in [2.05, 4.69) is 13.8 Å². The summed E-state index contributed by atoms with van der Waals surface area (Å²) in [5.41, 5.74) is -0.601. The summed E-state index contributed by atoms with van der Waals surface area (Å²) in [6.07, 6.45) is 3.40. The quantitative estimate of drug-likeness (QED) is 0.307. The number of aliphatic hydroxyl groups excluding tert-OH is 3. The zero-order valence-corrected chi connectivity index (χ0v) is 23.6. The number of methoxy groups -OCH3 is 1. The maximum atomic E-state index is 12.4. The Hall–Kier alpha value is -1.07. The van der Waals surface area contributed by atoms with Crippen LogP contribution in [0.25, 0.3) is 0 Å². The van der Waals surface area contributed by atoms with Crippen LogP contribution in [0.4, 0.5) is 0 Å². The third-order valence-corrected chi connectivity index (χ3v) is 12.3. The van der Waals surface area contributed by atoms with Crippen LogP contribution in [0.1, 0.15) is 72.1 Å². The molecule has 0 bridgehead atoms. The van der Waals surface area contributed by atoms with Crippen LogP contribution in [0.3, 0.4) is 0 Å². The predicted molar refractivity (Wildman–Crippen MR) is 139 cm³/mol. The molecule has 1 saturated heterocycles. The maximum Gasteiger partial charge on any atom is 0.331 e. The number of hydrogen-bond acceptors (Lipinski definition) is 9. The highest BCUT2D eigenvalue weighted by atomic mass is 16.7.